The molecule has 0 aromatic heterocycles. The number of hydrogen-bond acceptors (Lipinski definition) is 3. The topological polar surface area (TPSA) is 72.2 Å². The van der Waals surface area contributed by atoms with Crippen LogP contribution in [0.2, 0.25) is 0 Å². The van der Waals surface area contributed by atoms with Crippen molar-refractivity contribution in [2.45, 2.75) is 37.5 Å². The fourth-order valence-electron chi connectivity index (χ4n) is 2.44. The summed E-state index contributed by atoms with van der Waals surface area (Å²) in [6.07, 6.45) is 3.54. The fourth-order valence-corrected chi connectivity index (χ4v) is 3.98. The first-order chi connectivity index (χ1) is 9.63. The van der Waals surface area contributed by atoms with Crippen molar-refractivity contribution in [2.24, 2.45) is 5.73 Å². The summed E-state index contributed by atoms with van der Waals surface area (Å²) >= 11 is 0. The monoisotopic (exact) mass is 292 g/mol. The van der Waals surface area contributed by atoms with Gasteiger partial charge in [0.1, 0.15) is 0 Å². The summed E-state index contributed by atoms with van der Waals surface area (Å²) in [7, 11) is -3.22. The second kappa shape index (κ2) is 6.89. The van der Waals surface area contributed by atoms with E-state index in [9.17, 15) is 8.42 Å². The van der Waals surface area contributed by atoms with Crippen molar-refractivity contribution in [1.29, 1.82) is 0 Å². The first-order valence-corrected chi connectivity index (χ1v) is 8.43. The van der Waals surface area contributed by atoms with Crippen LogP contribution in [-0.2, 0) is 16.6 Å². The summed E-state index contributed by atoms with van der Waals surface area (Å²) in [5, 5.41) is -0.232. The van der Waals surface area contributed by atoms with Crippen LogP contribution in [0.25, 0.3) is 0 Å². The molecule has 0 saturated heterocycles. The van der Waals surface area contributed by atoms with Gasteiger partial charge >= 0.3 is 0 Å². The minimum absolute atomic E-state index is 0.232. The largest absolute Gasteiger partial charge is 0.320 e. The maximum atomic E-state index is 12.2. The third-order valence-electron chi connectivity index (χ3n) is 3.55. The van der Waals surface area contributed by atoms with Crippen molar-refractivity contribution in [3.8, 4) is 11.8 Å². The van der Waals surface area contributed by atoms with Crippen molar-refractivity contribution in [3.05, 3.63) is 35.4 Å². The Morgan fingerprint density at radius 1 is 1.25 bits per heavy atom. The maximum absolute atomic E-state index is 12.2. The maximum Gasteiger partial charge on any atom is 0.214 e. The van der Waals surface area contributed by atoms with Crippen LogP contribution in [0, 0.1) is 11.8 Å². The van der Waals surface area contributed by atoms with E-state index in [1.807, 2.05) is 24.3 Å². The zero-order chi connectivity index (χ0) is 14.4. The molecule has 0 bridgehead atoms. The van der Waals surface area contributed by atoms with Crippen LogP contribution in [0.3, 0.4) is 0 Å². The van der Waals surface area contributed by atoms with E-state index in [-0.39, 0.29) is 11.8 Å². The fraction of sp³-hybridized carbons (Fsp3) is 0.467. The molecular formula is C15H20N2O2S. The van der Waals surface area contributed by atoms with Gasteiger partial charge in [-0.1, -0.05) is 42.9 Å². The van der Waals surface area contributed by atoms with Crippen LogP contribution in [0.15, 0.2) is 24.3 Å². The van der Waals surface area contributed by atoms with Crippen LogP contribution < -0.4 is 10.5 Å². The van der Waals surface area contributed by atoms with Crippen molar-refractivity contribution in [3.63, 3.8) is 0 Å². The standard InChI is InChI=1S/C15H20N2O2S/c16-11-5-8-13-6-1-2-7-14(13)12-17-20(18,19)15-9-3-4-10-15/h1-2,6-7,15,17H,3-4,9-12,16H2. The number of sulfonamides is 1. The third kappa shape index (κ3) is 3.83. The Bertz CT molecular complexity index is 608. The molecule has 1 saturated carbocycles. The van der Waals surface area contributed by atoms with Gasteiger partial charge in [-0.25, -0.2) is 13.1 Å². The lowest BCUT2D eigenvalue weighted by Gasteiger charge is -2.13. The molecule has 1 aromatic carbocycles. The van der Waals surface area contributed by atoms with Gasteiger partial charge in [-0.2, -0.15) is 0 Å². The summed E-state index contributed by atoms with van der Waals surface area (Å²) < 4.78 is 27.0. The van der Waals surface area contributed by atoms with Gasteiger partial charge in [-0.05, 0) is 24.5 Å². The molecule has 20 heavy (non-hydrogen) atoms. The zero-order valence-electron chi connectivity index (χ0n) is 11.4. The molecule has 2 rings (SSSR count). The van der Waals surface area contributed by atoms with Gasteiger partial charge in [0.05, 0.1) is 11.8 Å². The predicted molar refractivity (Wildman–Crippen MR) is 80.4 cm³/mol. The summed E-state index contributed by atoms with van der Waals surface area (Å²) in [5.74, 6) is 5.77. The van der Waals surface area contributed by atoms with Gasteiger partial charge in [0.25, 0.3) is 0 Å². The molecule has 0 heterocycles. The molecule has 5 heteroatoms. The molecule has 1 aliphatic rings. The van der Waals surface area contributed by atoms with Crippen LogP contribution in [0.1, 0.15) is 36.8 Å². The number of nitrogens with one attached hydrogen (secondary N) is 1. The van der Waals surface area contributed by atoms with Gasteiger partial charge in [0.2, 0.25) is 10.0 Å². The molecule has 0 unspecified atom stereocenters. The summed E-state index contributed by atoms with van der Waals surface area (Å²) in [5.41, 5.74) is 7.08. The summed E-state index contributed by atoms with van der Waals surface area (Å²) in [6, 6.07) is 7.53. The molecule has 0 spiro atoms. The Labute approximate surface area is 120 Å². The molecule has 0 atom stereocenters. The molecule has 1 aliphatic carbocycles. The van der Waals surface area contributed by atoms with E-state index in [0.717, 1.165) is 36.8 Å². The Hall–Kier alpha value is -1.35. The number of nitrogens with two attached hydrogens (primary N) is 1. The van der Waals surface area contributed by atoms with Gasteiger partial charge in [-0.3, -0.25) is 0 Å². The van der Waals surface area contributed by atoms with Gasteiger partial charge in [0, 0.05) is 12.1 Å². The van der Waals surface area contributed by atoms with Crippen LogP contribution in [0.5, 0.6) is 0 Å². The molecule has 1 aromatic rings. The van der Waals surface area contributed by atoms with Gasteiger partial charge in [-0.15, -0.1) is 0 Å². The van der Waals surface area contributed by atoms with Gasteiger partial charge in [0.15, 0.2) is 0 Å². The van der Waals surface area contributed by atoms with Crippen LogP contribution >= 0.6 is 0 Å². The highest BCUT2D eigenvalue weighted by Crippen LogP contribution is 2.24. The minimum Gasteiger partial charge on any atom is -0.320 e. The van der Waals surface area contributed by atoms with Crippen LogP contribution in [0.4, 0.5) is 0 Å². The molecule has 0 aliphatic heterocycles. The SMILES string of the molecule is NCC#Cc1ccccc1CNS(=O)(=O)C1CCCC1. The Balaban J connectivity index is 2.07. The van der Waals surface area contributed by atoms with E-state index in [0.29, 0.717) is 6.54 Å². The smallest absolute Gasteiger partial charge is 0.214 e. The summed E-state index contributed by atoms with van der Waals surface area (Å²) in [6.45, 7) is 0.580. The lowest BCUT2D eigenvalue weighted by molar-refractivity contribution is 0.564. The average molecular weight is 292 g/mol. The molecule has 0 radical (unpaired) electrons. The molecule has 1 fully saturated rings. The highest BCUT2D eigenvalue weighted by molar-refractivity contribution is 7.90. The summed E-state index contributed by atoms with van der Waals surface area (Å²) in [4.78, 5) is 0. The lowest BCUT2D eigenvalue weighted by atomic mass is 10.1. The molecule has 0 amide bonds. The average Bonchev–Trinajstić information content (AvgIpc) is 2.99. The van der Waals surface area contributed by atoms with E-state index in [1.54, 1.807) is 0 Å². The van der Waals surface area contributed by atoms with E-state index in [4.69, 9.17) is 5.73 Å². The lowest BCUT2D eigenvalue weighted by Crippen LogP contribution is -2.32. The predicted octanol–water partition coefficient (Wildman–Crippen LogP) is 1.36. The number of benzene rings is 1. The third-order valence-corrected chi connectivity index (χ3v) is 5.44. The van der Waals surface area contributed by atoms with E-state index in [1.165, 1.54) is 0 Å². The number of rotatable bonds is 4. The van der Waals surface area contributed by atoms with E-state index in [2.05, 4.69) is 16.6 Å². The normalized spacial score (nSPS) is 15.8. The van der Waals surface area contributed by atoms with Crippen molar-refractivity contribution >= 4 is 10.0 Å². The number of hydrogen-bond donors (Lipinski definition) is 2. The molecular weight excluding hydrogens is 272 g/mol. The Morgan fingerprint density at radius 2 is 1.95 bits per heavy atom. The second-order valence-corrected chi connectivity index (χ2v) is 6.98. The second-order valence-electron chi connectivity index (χ2n) is 4.94. The zero-order valence-corrected chi connectivity index (χ0v) is 12.2. The minimum atomic E-state index is -3.22. The molecule has 4 nitrogen and oxygen atoms in total. The van der Waals surface area contributed by atoms with Crippen molar-refractivity contribution in [2.75, 3.05) is 6.54 Å². The van der Waals surface area contributed by atoms with E-state index < -0.39 is 10.0 Å². The highest BCUT2D eigenvalue weighted by Gasteiger charge is 2.28. The molecule has 108 valence electrons. The van der Waals surface area contributed by atoms with Crippen molar-refractivity contribution in [1.82, 2.24) is 4.72 Å². The van der Waals surface area contributed by atoms with Gasteiger partial charge < -0.3 is 5.73 Å². The van der Waals surface area contributed by atoms with Crippen molar-refractivity contribution < 1.29 is 8.42 Å². The Kier molecular flexibility index (Phi) is 5.18. The van der Waals surface area contributed by atoms with Crippen LogP contribution in [-0.4, -0.2) is 20.2 Å². The van der Waals surface area contributed by atoms with E-state index >= 15 is 0 Å². The first-order valence-electron chi connectivity index (χ1n) is 6.89. The molecule has 3 N–H and O–H groups in total. The Morgan fingerprint density at radius 3 is 2.65 bits per heavy atom. The quantitative estimate of drug-likeness (QED) is 0.823. The first kappa shape index (κ1) is 15.0. The highest BCUT2D eigenvalue weighted by atomic mass is 32.2.